The van der Waals surface area contributed by atoms with Crippen LogP contribution < -0.4 is 5.32 Å². The van der Waals surface area contributed by atoms with Gasteiger partial charge < -0.3 is 10.4 Å². The summed E-state index contributed by atoms with van der Waals surface area (Å²) < 4.78 is 28.2. The van der Waals surface area contributed by atoms with Crippen molar-refractivity contribution in [3.63, 3.8) is 0 Å². The Morgan fingerprint density at radius 1 is 1.17 bits per heavy atom. The fourth-order valence-corrected chi connectivity index (χ4v) is 2.25. The Labute approximate surface area is 136 Å². The van der Waals surface area contributed by atoms with E-state index < -0.39 is 28.9 Å². The van der Waals surface area contributed by atoms with E-state index >= 15 is 0 Å². The zero-order valence-electron chi connectivity index (χ0n) is 12.4. The van der Waals surface area contributed by atoms with Crippen molar-refractivity contribution in [1.82, 2.24) is 9.78 Å². The van der Waals surface area contributed by atoms with E-state index in [1.165, 1.54) is 0 Å². The number of anilines is 1. The molecule has 3 rings (SSSR count). The zero-order chi connectivity index (χ0) is 17.1. The molecule has 0 aliphatic heterocycles. The first-order valence-corrected chi connectivity index (χ1v) is 7.09. The molecule has 7 heteroatoms. The molecule has 0 unspecified atom stereocenters. The maximum absolute atomic E-state index is 13.7. The van der Waals surface area contributed by atoms with E-state index in [0.717, 1.165) is 5.56 Å². The number of benzene rings is 2. The fraction of sp³-hybridized carbons (Fsp3) is 0.0588. The number of nitrogens with zero attached hydrogens (tertiary/aromatic N) is 2. The molecule has 0 saturated heterocycles. The Hall–Kier alpha value is -3.22. The molecular formula is C17H13F2N3O2. The molecule has 5 nitrogen and oxygen atoms in total. The molecule has 0 atom stereocenters. The lowest BCUT2D eigenvalue weighted by molar-refractivity contribution is 0.102. The first-order chi connectivity index (χ1) is 11.5. The van der Waals surface area contributed by atoms with Gasteiger partial charge in [-0.15, -0.1) is 0 Å². The minimum atomic E-state index is -1.14. The zero-order valence-corrected chi connectivity index (χ0v) is 12.4. The number of phenols is 1. The van der Waals surface area contributed by atoms with Crippen molar-refractivity contribution in [3.05, 3.63) is 77.5 Å². The number of carbonyl (C=O) groups excluding carboxylic acids is 1. The number of hydrogen-bond acceptors (Lipinski definition) is 3. The number of carbonyl (C=O) groups is 1. The van der Waals surface area contributed by atoms with Crippen LogP contribution in [0.25, 0.3) is 0 Å². The van der Waals surface area contributed by atoms with E-state index in [4.69, 9.17) is 0 Å². The SMILES string of the molecule is O=C(Nc1ccn(Cc2ccccc2)n1)c1c(O)cc(F)cc1F. The molecule has 2 aromatic carbocycles. The molecule has 122 valence electrons. The Morgan fingerprint density at radius 2 is 1.92 bits per heavy atom. The van der Waals surface area contributed by atoms with Gasteiger partial charge in [0.15, 0.2) is 5.82 Å². The molecule has 2 N–H and O–H groups in total. The Balaban J connectivity index is 1.74. The summed E-state index contributed by atoms with van der Waals surface area (Å²) >= 11 is 0. The lowest BCUT2D eigenvalue weighted by atomic mass is 10.1. The van der Waals surface area contributed by atoms with E-state index in [2.05, 4.69) is 10.4 Å². The molecule has 0 fully saturated rings. The van der Waals surface area contributed by atoms with Crippen LogP contribution in [0.5, 0.6) is 5.75 Å². The molecular weight excluding hydrogens is 316 g/mol. The van der Waals surface area contributed by atoms with Crippen LogP contribution in [0, 0.1) is 11.6 Å². The molecule has 0 spiro atoms. The fourth-order valence-electron chi connectivity index (χ4n) is 2.25. The van der Waals surface area contributed by atoms with Crippen LogP contribution in [0.3, 0.4) is 0 Å². The highest BCUT2D eigenvalue weighted by atomic mass is 19.1. The normalized spacial score (nSPS) is 10.6. The summed E-state index contributed by atoms with van der Waals surface area (Å²) in [5.74, 6) is -3.59. The highest BCUT2D eigenvalue weighted by Gasteiger charge is 2.19. The van der Waals surface area contributed by atoms with Gasteiger partial charge in [0.2, 0.25) is 0 Å². The number of aromatic hydroxyl groups is 1. The van der Waals surface area contributed by atoms with Crippen molar-refractivity contribution in [3.8, 4) is 5.75 Å². The molecule has 1 aromatic heterocycles. The molecule has 1 heterocycles. The van der Waals surface area contributed by atoms with Crippen LogP contribution in [-0.2, 0) is 6.54 Å². The Morgan fingerprint density at radius 3 is 2.62 bits per heavy atom. The van der Waals surface area contributed by atoms with Gasteiger partial charge in [0.05, 0.1) is 6.54 Å². The maximum atomic E-state index is 13.7. The van der Waals surface area contributed by atoms with Crippen molar-refractivity contribution in [2.24, 2.45) is 0 Å². The van der Waals surface area contributed by atoms with Gasteiger partial charge in [-0.1, -0.05) is 30.3 Å². The standard InChI is InChI=1S/C17H13F2N3O2/c18-12-8-13(19)16(14(23)9-12)17(24)20-15-6-7-22(21-15)10-11-4-2-1-3-5-11/h1-9,23H,10H2,(H,20,21,24). The summed E-state index contributed by atoms with van der Waals surface area (Å²) in [6, 6.07) is 12.3. The van der Waals surface area contributed by atoms with Crippen LogP contribution in [0.15, 0.2) is 54.7 Å². The number of nitrogens with one attached hydrogen (secondary N) is 1. The lowest BCUT2D eigenvalue weighted by Gasteiger charge is -2.06. The molecule has 0 aliphatic carbocycles. The largest absolute Gasteiger partial charge is 0.507 e. The third-order valence-corrected chi connectivity index (χ3v) is 3.33. The summed E-state index contributed by atoms with van der Waals surface area (Å²) in [5, 5.41) is 16.1. The highest BCUT2D eigenvalue weighted by molar-refractivity contribution is 6.05. The van der Waals surface area contributed by atoms with Crippen molar-refractivity contribution in [2.75, 3.05) is 5.32 Å². The first-order valence-electron chi connectivity index (χ1n) is 7.09. The van der Waals surface area contributed by atoms with E-state index in [1.54, 1.807) is 16.9 Å². The van der Waals surface area contributed by atoms with Gasteiger partial charge in [-0.3, -0.25) is 9.48 Å². The van der Waals surface area contributed by atoms with Crippen LogP contribution in [0.1, 0.15) is 15.9 Å². The molecule has 0 radical (unpaired) electrons. The van der Waals surface area contributed by atoms with Gasteiger partial charge in [-0.25, -0.2) is 8.78 Å². The van der Waals surface area contributed by atoms with Crippen LogP contribution >= 0.6 is 0 Å². The van der Waals surface area contributed by atoms with Crippen molar-refractivity contribution >= 4 is 11.7 Å². The van der Waals surface area contributed by atoms with Gasteiger partial charge in [-0.2, -0.15) is 5.10 Å². The number of phenolic OH excluding ortho intramolecular Hbond substituents is 1. The second-order valence-corrected chi connectivity index (χ2v) is 5.12. The van der Waals surface area contributed by atoms with Gasteiger partial charge in [0, 0.05) is 24.4 Å². The summed E-state index contributed by atoms with van der Waals surface area (Å²) in [6.07, 6.45) is 1.66. The monoisotopic (exact) mass is 329 g/mol. The average Bonchev–Trinajstić information content (AvgIpc) is 2.94. The van der Waals surface area contributed by atoms with Gasteiger partial charge in [0.25, 0.3) is 5.91 Å². The van der Waals surface area contributed by atoms with Gasteiger partial charge in [0.1, 0.15) is 22.9 Å². The summed E-state index contributed by atoms with van der Waals surface area (Å²) in [4.78, 5) is 12.1. The average molecular weight is 329 g/mol. The number of halogens is 2. The highest BCUT2D eigenvalue weighted by Crippen LogP contribution is 2.23. The Kier molecular flexibility index (Phi) is 4.24. The summed E-state index contributed by atoms with van der Waals surface area (Å²) in [5.41, 5.74) is 0.398. The third kappa shape index (κ3) is 3.40. The molecule has 0 saturated carbocycles. The number of rotatable bonds is 4. The number of aromatic nitrogens is 2. The molecule has 0 bridgehead atoms. The summed E-state index contributed by atoms with van der Waals surface area (Å²) in [7, 11) is 0. The predicted molar refractivity (Wildman–Crippen MR) is 83.7 cm³/mol. The van der Waals surface area contributed by atoms with Gasteiger partial charge >= 0.3 is 0 Å². The van der Waals surface area contributed by atoms with E-state index in [-0.39, 0.29) is 5.82 Å². The van der Waals surface area contributed by atoms with Crippen LogP contribution in [-0.4, -0.2) is 20.8 Å². The minimum Gasteiger partial charge on any atom is -0.507 e. The van der Waals surface area contributed by atoms with E-state index in [1.807, 2.05) is 30.3 Å². The molecule has 1 amide bonds. The first kappa shape index (κ1) is 15.7. The minimum absolute atomic E-state index is 0.194. The van der Waals surface area contributed by atoms with Crippen molar-refractivity contribution < 1.29 is 18.7 Å². The second-order valence-electron chi connectivity index (χ2n) is 5.12. The smallest absolute Gasteiger partial charge is 0.263 e. The lowest BCUT2D eigenvalue weighted by Crippen LogP contribution is -2.15. The number of amides is 1. The van der Waals surface area contributed by atoms with Crippen LogP contribution in [0.4, 0.5) is 14.6 Å². The van der Waals surface area contributed by atoms with Crippen molar-refractivity contribution in [2.45, 2.75) is 6.54 Å². The topological polar surface area (TPSA) is 67.2 Å². The molecule has 0 aliphatic rings. The second kappa shape index (κ2) is 6.49. The quantitative estimate of drug-likeness (QED) is 0.772. The van der Waals surface area contributed by atoms with E-state index in [0.29, 0.717) is 18.7 Å². The maximum Gasteiger partial charge on any atom is 0.263 e. The van der Waals surface area contributed by atoms with E-state index in [9.17, 15) is 18.7 Å². The molecule has 24 heavy (non-hydrogen) atoms. The van der Waals surface area contributed by atoms with Crippen molar-refractivity contribution in [1.29, 1.82) is 0 Å². The predicted octanol–water partition coefficient (Wildman–Crippen LogP) is 3.17. The number of hydrogen-bond donors (Lipinski definition) is 2. The van der Waals surface area contributed by atoms with Crippen LogP contribution in [0.2, 0.25) is 0 Å². The summed E-state index contributed by atoms with van der Waals surface area (Å²) in [6.45, 7) is 0.507. The third-order valence-electron chi connectivity index (χ3n) is 3.33. The van der Waals surface area contributed by atoms with Gasteiger partial charge in [-0.05, 0) is 5.56 Å². The Bertz CT molecular complexity index is 856. The molecule has 3 aromatic rings.